The summed E-state index contributed by atoms with van der Waals surface area (Å²) in [7, 11) is 1.63. The number of nitrogens with one attached hydrogen (secondary N) is 1. The van der Waals surface area contributed by atoms with Gasteiger partial charge in [0, 0.05) is 18.5 Å². The number of methoxy groups -OCH3 is 1. The zero-order valence-corrected chi connectivity index (χ0v) is 13.4. The molecule has 0 atom stereocenters. The minimum atomic E-state index is -0.0566. The van der Waals surface area contributed by atoms with Gasteiger partial charge in [-0.05, 0) is 35.7 Å². The smallest absolute Gasteiger partial charge is 0.261 e. The van der Waals surface area contributed by atoms with Crippen molar-refractivity contribution in [3.63, 3.8) is 0 Å². The van der Waals surface area contributed by atoms with Gasteiger partial charge in [-0.2, -0.15) is 0 Å². The number of nitrogens with zero attached hydrogens (tertiary/aromatic N) is 1. The molecule has 0 saturated heterocycles. The number of thiophene rings is 1. The largest absolute Gasteiger partial charge is 0.497 e. The maximum absolute atomic E-state index is 11.8. The quantitative estimate of drug-likeness (QED) is 0.753. The van der Waals surface area contributed by atoms with Crippen molar-refractivity contribution >= 4 is 17.2 Å². The number of amides is 1. The minimum absolute atomic E-state index is 0.0566. The van der Waals surface area contributed by atoms with Gasteiger partial charge in [0.2, 0.25) is 5.89 Å². The zero-order chi connectivity index (χ0) is 16.1. The number of ether oxygens (including phenoxy) is 1. The second-order valence-electron chi connectivity index (χ2n) is 4.86. The molecule has 0 radical (unpaired) electrons. The lowest BCUT2D eigenvalue weighted by Crippen LogP contribution is -2.24. The molecule has 0 spiro atoms. The van der Waals surface area contributed by atoms with E-state index in [9.17, 15) is 4.79 Å². The molecular formula is C17H16N2O3S. The van der Waals surface area contributed by atoms with Crippen molar-refractivity contribution in [1.29, 1.82) is 0 Å². The highest BCUT2D eigenvalue weighted by Crippen LogP contribution is 2.21. The van der Waals surface area contributed by atoms with Crippen LogP contribution in [0.1, 0.15) is 15.4 Å². The maximum atomic E-state index is 11.8. The molecule has 6 heteroatoms. The molecule has 1 aromatic carbocycles. The van der Waals surface area contributed by atoms with E-state index in [4.69, 9.17) is 9.15 Å². The molecule has 0 bridgehead atoms. The average Bonchev–Trinajstić information content (AvgIpc) is 3.27. The monoisotopic (exact) mass is 328 g/mol. The van der Waals surface area contributed by atoms with Crippen molar-refractivity contribution in [2.75, 3.05) is 13.7 Å². The van der Waals surface area contributed by atoms with Crippen molar-refractivity contribution in [2.24, 2.45) is 0 Å². The van der Waals surface area contributed by atoms with Gasteiger partial charge in [-0.25, -0.2) is 4.98 Å². The Hall–Kier alpha value is -2.60. The highest BCUT2D eigenvalue weighted by atomic mass is 32.1. The van der Waals surface area contributed by atoms with Gasteiger partial charge in [-0.1, -0.05) is 6.07 Å². The Morgan fingerprint density at radius 2 is 2.13 bits per heavy atom. The fourth-order valence-corrected chi connectivity index (χ4v) is 2.73. The summed E-state index contributed by atoms with van der Waals surface area (Å²) in [6.07, 6.45) is 2.24. The first kappa shape index (κ1) is 15.3. The second-order valence-corrected chi connectivity index (χ2v) is 5.80. The van der Waals surface area contributed by atoms with E-state index < -0.39 is 0 Å². The number of rotatable bonds is 6. The molecule has 23 heavy (non-hydrogen) atoms. The molecule has 0 aliphatic carbocycles. The van der Waals surface area contributed by atoms with Gasteiger partial charge in [0.15, 0.2) is 0 Å². The predicted octanol–water partition coefficient (Wildman–Crippen LogP) is 3.38. The minimum Gasteiger partial charge on any atom is -0.497 e. The molecule has 2 aromatic heterocycles. The van der Waals surface area contributed by atoms with E-state index in [1.165, 1.54) is 11.3 Å². The van der Waals surface area contributed by atoms with E-state index in [1.807, 2.05) is 35.7 Å². The fraction of sp³-hybridized carbons (Fsp3) is 0.176. The second kappa shape index (κ2) is 7.11. The van der Waals surface area contributed by atoms with Gasteiger partial charge < -0.3 is 14.5 Å². The Morgan fingerprint density at radius 3 is 2.83 bits per heavy atom. The summed E-state index contributed by atoms with van der Waals surface area (Å²) in [6.45, 7) is 0.519. The third kappa shape index (κ3) is 3.78. The number of hydrogen-bond donors (Lipinski definition) is 1. The molecule has 0 saturated carbocycles. The molecule has 0 aliphatic heterocycles. The van der Waals surface area contributed by atoms with Gasteiger partial charge in [0.25, 0.3) is 5.91 Å². The van der Waals surface area contributed by atoms with Crippen LogP contribution >= 0.6 is 11.3 Å². The summed E-state index contributed by atoms with van der Waals surface area (Å²) in [4.78, 5) is 17.0. The number of carbonyl (C=O) groups excluding carboxylic acids is 1. The van der Waals surface area contributed by atoms with Crippen molar-refractivity contribution in [3.05, 3.63) is 58.6 Å². The molecule has 0 aliphatic rings. The SMILES string of the molecule is COc1ccc(-c2nc(CCNC(=O)c3cccs3)co2)cc1. The van der Waals surface area contributed by atoms with Crippen LogP contribution in [0.3, 0.4) is 0 Å². The zero-order valence-electron chi connectivity index (χ0n) is 12.6. The Kier molecular flexibility index (Phi) is 4.73. The van der Waals surface area contributed by atoms with Crippen LogP contribution in [0.25, 0.3) is 11.5 Å². The van der Waals surface area contributed by atoms with Crippen LogP contribution in [0.15, 0.2) is 52.5 Å². The number of hydrogen-bond acceptors (Lipinski definition) is 5. The normalized spacial score (nSPS) is 10.5. The van der Waals surface area contributed by atoms with Crippen LogP contribution in [0.4, 0.5) is 0 Å². The van der Waals surface area contributed by atoms with Crippen LogP contribution in [0, 0.1) is 0 Å². The molecular weight excluding hydrogens is 312 g/mol. The summed E-state index contributed by atoms with van der Waals surface area (Å²) in [5, 5.41) is 4.75. The first-order valence-corrected chi connectivity index (χ1v) is 8.05. The number of aromatic nitrogens is 1. The molecule has 3 aromatic rings. The van der Waals surface area contributed by atoms with Gasteiger partial charge >= 0.3 is 0 Å². The maximum Gasteiger partial charge on any atom is 0.261 e. The lowest BCUT2D eigenvalue weighted by atomic mass is 10.2. The lowest BCUT2D eigenvalue weighted by molar-refractivity contribution is 0.0958. The van der Waals surface area contributed by atoms with Crippen LogP contribution in [0.5, 0.6) is 5.75 Å². The van der Waals surface area contributed by atoms with Gasteiger partial charge in [-0.15, -0.1) is 11.3 Å². The number of carbonyl (C=O) groups is 1. The van der Waals surface area contributed by atoms with Crippen molar-refractivity contribution < 1.29 is 13.9 Å². The molecule has 1 N–H and O–H groups in total. The summed E-state index contributed by atoms with van der Waals surface area (Å²) >= 11 is 1.43. The molecule has 0 fully saturated rings. The molecule has 3 rings (SSSR count). The Bertz CT molecular complexity index is 764. The van der Waals surface area contributed by atoms with E-state index in [0.717, 1.165) is 17.0 Å². The fourth-order valence-electron chi connectivity index (χ4n) is 2.09. The molecule has 2 heterocycles. The van der Waals surface area contributed by atoms with Crippen LogP contribution in [-0.4, -0.2) is 24.5 Å². The summed E-state index contributed by atoms with van der Waals surface area (Å²) in [5.74, 6) is 1.29. The van der Waals surface area contributed by atoms with E-state index in [1.54, 1.807) is 19.4 Å². The van der Waals surface area contributed by atoms with E-state index in [2.05, 4.69) is 10.3 Å². The Labute approximate surface area is 137 Å². The van der Waals surface area contributed by atoms with Crippen molar-refractivity contribution in [3.8, 4) is 17.2 Å². The van der Waals surface area contributed by atoms with E-state index in [0.29, 0.717) is 23.7 Å². The van der Waals surface area contributed by atoms with Crippen molar-refractivity contribution in [2.45, 2.75) is 6.42 Å². The van der Waals surface area contributed by atoms with E-state index in [-0.39, 0.29) is 5.91 Å². The molecule has 0 unspecified atom stereocenters. The third-order valence-electron chi connectivity index (χ3n) is 3.30. The van der Waals surface area contributed by atoms with Crippen LogP contribution in [0.2, 0.25) is 0 Å². The standard InChI is InChI=1S/C17H16N2O3S/c1-21-14-6-4-12(5-7-14)17-19-13(11-22-17)8-9-18-16(20)15-3-2-10-23-15/h2-7,10-11H,8-9H2,1H3,(H,18,20). The predicted molar refractivity (Wildman–Crippen MR) is 88.8 cm³/mol. The van der Waals surface area contributed by atoms with Gasteiger partial charge in [0.05, 0.1) is 17.7 Å². The Balaban J connectivity index is 1.55. The van der Waals surface area contributed by atoms with Crippen molar-refractivity contribution in [1.82, 2.24) is 10.3 Å². The summed E-state index contributed by atoms with van der Waals surface area (Å²) in [5.41, 5.74) is 1.70. The first-order chi connectivity index (χ1) is 11.3. The topological polar surface area (TPSA) is 64.4 Å². The van der Waals surface area contributed by atoms with E-state index >= 15 is 0 Å². The lowest BCUT2D eigenvalue weighted by Gasteiger charge is -2.01. The number of oxazole rings is 1. The Morgan fingerprint density at radius 1 is 1.30 bits per heavy atom. The molecule has 118 valence electrons. The third-order valence-corrected chi connectivity index (χ3v) is 4.17. The number of benzene rings is 1. The average molecular weight is 328 g/mol. The molecule has 5 nitrogen and oxygen atoms in total. The van der Waals surface area contributed by atoms with Gasteiger partial charge in [-0.3, -0.25) is 4.79 Å². The highest BCUT2D eigenvalue weighted by molar-refractivity contribution is 7.12. The summed E-state index contributed by atoms with van der Waals surface area (Å²) < 4.78 is 10.6. The van der Waals surface area contributed by atoms with Crippen LogP contribution in [-0.2, 0) is 6.42 Å². The first-order valence-electron chi connectivity index (χ1n) is 7.17. The van der Waals surface area contributed by atoms with Gasteiger partial charge in [0.1, 0.15) is 12.0 Å². The highest BCUT2D eigenvalue weighted by Gasteiger charge is 2.09. The van der Waals surface area contributed by atoms with Crippen LogP contribution < -0.4 is 10.1 Å². The molecule has 1 amide bonds. The summed E-state index contributed by atoms with van der Waals surface area (Å²) in [6, 6.07) is 11.2.